The maximum Gasteiger partial charge on any atom is 0.338 e. The number of benzene rings is 2. The third-order valence-corrected chi connectivity index (χ3v) is 7.32. The van der Waals surface area contributed by atoms with Crippen molar-refractivity contribution in [1.82, 2.24) is 4.57 Å². The number of carbonyl (C=O) groups is 1. The van der Waals surface area contributed by atoms with Crippen LogP contribution in [-0.4, -0.2) is 38.0 Å². The minimum atomic E-state index is -0.866. The zero-order chi connectivity index (χ0) is 27.7. The van der Waals surface area contributed by atoms with Crippen LogP contribution in [0.5, 0.6) is 17.2 Å². The second kappa shape index (κ2) is 11.2. The predicted molar refractivity (Wildman–Crippen MR) is 148 cm³/mol. The van der Waals surface area contributed by atoms with E-state index in [2.05, 4.69) is 4.99 Å². The van der Waals surface area contributed by atoms with E-state index in [9.17, 15) is 9.59 Å². The molecule has 4 rings (SSSR count). The molecule has 0 unspecified atom stereocenters. The molecule has 1 aromatic heterocycles. The molecule has 38 heavy (non-hydrogen) atoms. The van der Waals surface area contributed by atoms with Gasteiger partial charge in [-0.3, -0.25) is 9.36 Å². The molecule has 200 valence electrons. The summed E-state index contributed by atoms with van der Waals surface area (Å²) in [4.78, 5) is 31.7. The second-order valence-corrected chi connectivity index (χ2v) is 10.5. The molecular weight excluding hydrogens is 551 g/mol. The number of thiazole rings is 1. The van der Waals surface area contributed by atoms with Crippen molar-refractivity contribution in [3.8, 4) is 17.2 Å². The highest BCUT2D eigenvalue weighted by molar-refractivity contribution is 7.07. The summed E-state index contributed by atoms with van der Waals surface area (Å²) in [5, 5.41) is 0.773. The van der Waals surface area contributed by atoms with Crippen molar-refractivity contribution in [2.24, 2.45) is 4.99 Å². The van der Waals surface area contributed by atoms with Crippen LogP contribution in [-0.2, 0) is 9.53 Å². The SMILES string of the molecule is COC(=O)C1=C(C)N=c2s/c(=C\c3cc(Cl)c(OC(C)C)c(OC)c3)c(=O)n2[C@@H]1c1cc(Cl)ccc1OC. The Bertz CT molecular complexity index is 1620. The van der Waals surface area contributed by atoms with Crippen LogP contribution in [0.2, 0.25) is 10.0 Å². The molecular formula is C27H26Cl2N2O6S. The summed E-state index contributed by atoms with van der Waals surface area (Å²) < 4.78 is 23.7. The topological polar surface area (TPSA) is 88.4 Å². The van der Waals surface area contributed by atoms with Gasteiger partial charge in [-0.15, -0.1) is 0 Å². The Kier molecular flexibility index (Phi) is 8.20. The molecule has 0 saturated heterocycles. The fourth-order valence-electron chi connectivity index (χ4n) is 4.23. The number of allylic oxidation sites excluding steroid dienone is 1. The first-order valence-electron chi connectivity index (χ1n) is 11.6. The van der Waals surface area contributed by atoms with Crippen LogP contribution < -0.4 is 29.1 Å². The molecule has 0 radical (unpaired) electrons. The van der Waals surface area contributed by atoms with Crippen LogP contribution in [0.4, 0.5) is 0 Å². The van der Waals surface area contributed by atoms with Crippen molar-refractivity contribution in [1.29, 1.82) is 0 Å². The molecule has 1 atom stereocenters. The van der Waals surface area contributed by atoms with Crippen LogP contribution in [0.3, 0.4) is 0 Å². The third kappa shape index (κ3) is 5.18. The Morgan fingerprint density at radius 3 is 2.45 bits per heavy atom. The predicted octanol–water partition coefficient (Wildman–Crippen LogP) is 4.52. The van der Waals surface area contributed by atoms with E-state index < -0.39 is 12.0 Å². The Morgan fingerprint density at radius 2 is 1.82 bits per heavy atom. The van der Waals surface area contributed by atoms with Crippen molar-refractivity contribution in [3.05, 3.63) is 82.5 Å². The van der Waals surface area contributed by atoms with E-state index in [1.807, 2.05) is 13.8 Å². The lowest BCUT2D eigenvalue weighted by atomic mass is 9.95. The summed E-state index contributed by atoms with van der Waals surface area (Å²) in [6, 6.07) is 7.60. The highest BCUT2D eigenvalue weighted by Crippen LogP contribution is 2.38. The second-order valence-electron chi connectivity index (χ2n) is 8.66. The van der Waals surface area contributed by atoms with Gasteiger partial charge in [0.25, 0.3) is 5.56 Å². The summed E-state index contributed by atoms with van der Waals surface area (Å²) in [6.45, 7) is 5.48. The summed E-state index contributed by atoms with van der Waals surface area (Å²) in [5.41, 5.74) is 1.45. The minimum absolute atomic E-state index is 0.105. The molecule has 11 heteroatoms. The van der Waals surface area contributed by atoms with E-state index in [1.165, 1.54) is 37.2 Å². The number of halogens is 2. The van der Waals surface area contributed by atoms with Gasteiger partial charge in [-0.1, -0.05) is 34.5 Å². The molecule has 0 fully saturated rings. The molecule has 1 aliphatic rings. The third-order valence-electron chi connectivity index (χ3n) is 5.82. The van der Waals surface area contributed by atoms with Gasteiger partial charge >= 0.3 is 5.97 Å². The summed E-state index contributed by atoms with van der Waals surface area (Å²) >= 11 is 14.0. The molecule has 3 aromatic rings. The molecule has 0 bridgehead atoms. The van der Waals surface area contributed by atoms with Crippen molar-refractivity contribution in [2.75, 3.05) is 21.3 Å². The molecule has 0 saturated carbocycles. The number of fused-ring (bicyclic) bond motifs is 1. The van der Waals surface area contributed by atoms with Crippen LogP contribution in [0, 0.1) is 0 Å². The van der Waals surface area contributed by atoms with Gasteiger partial charge in [0.2, 0.25) is 0 Å². The number of methoxy groups -OCH3 is 3. The molecule has 8 nitrogen and oxygen atoms in total. The molecule has 1 aliphatic heterocycles. The maximum absolute atomic E-state index is 13.8. The molecule has 0 spiro atoms. The molecule has 0 N–H and O–H groups in total. The average Bonchev–Trinajstić information content (AvgIpc) is 3.17. The Hall–Kier alpha value is -3.27. The van der Waals surface area contributed by atoms with E-state index in [1.54, 1.807) is 43.3 Å². The largest absolute Gasteiger partial charge is 0.496 e. The monoisotopic (exact) mass is 576 g/mol. The Labute approximate surface area is 233 Å². The molecule has 0 aliphatic carbocycles. The number of aromatic nitrogens is 1. The molecule has 2 heterocycles. The first kappa shape index (κ1) is 27.8. The van der Waals surface area contributed by atoms with Crippen LogP contribution in [0.1, 0.15) is 37.9 Å². The van der Waals surface area contributed by atoms with Crippen molar-refractivity contribution in [2.45, 2.75) is 32.9 Å². The van der Waals surface area contributed by atoms with Gasteiger partial charge in [0.15, 0.2) is 16.3 Å². The normalized spacial score (nSPS) is 15.3. The lowest BCUT2D eigenvalue weighted by Crippen LogP contribution is -2.40. The van der Waals surface area contributed by atoms with Gasteiger partial charge in [-0.2, -0.15) is 0 Å². The Balaban J connectivity index is 1.97. The number of ether oxygens (including phenoxy) is 4. The first-order chi connectivity index (χ1) is 18.1. The van der Waals surface area contributed by atoms with Gasteiger partial charge in [0.1, 0.15) is 11.8 Å². The zero-order valence-corrected chi connectivity index (χ0v) is 24.0. The highest BCUT2D eigenvalue weighted by Gasteiger charge is 2.35. The van der Waals surface area contributed by atoms with Crippen LogP contribution in [0.25, 0.3) is 6.08 Å². The average molecular weight is 577 g/mol. The lowest BCUT2D eigenvalue weighted by Gasteiger charge is -2.25. The number of hydrogen-bond acceptors (Lipinski definition) is 8. The summed E-state index contributed by atoms with van der Waals surface area (Å²) in [7, 11) is 4.31. The van der Waals surface area contributed by atoms with E-state index >= 15 is 0 Å². The number of esters is 1. The van der Waals surface area contributed by atoms with Gasteiger partial charge < -0.3 is 18.9 Å². The van der Waals surface area contributed by atoms with E-state index in [-0.39, 0.29) is 17.2 Å². The van der Waals surface area contributed by atoms with Crippen molar-refractivity contribution >= 4 is 46.6 Å². The zero-order valence-electron chi connectivity index (χ0n) is 21.6. The summed E-state index contributed by atoms with van der Waals surface area (Å²) in [5.74, 6) is 0.719. The van der Waals surface area contributed by atoms with Gasteiger partial charge in [0.05, 0.1) is 48.3 Å². The standard InChI is InChI=1S/C27H26Cl2N2O6S/c1-13(2)37-24-18(29)9-15(10-20(24)35-5)11-21-25(32)31-23(17-12-16(28)7-8-19(17)34-4)22(26(33)36-6)14(3)30-27(31)38-21/h7-13,23H,1-6H3/b21-11-/t23-/m1/s1. The van der Waals surface area contributed by atoms with Gasteiger partial charge in [-0.25, -0.2) is 9.79 Å². The number of hydrogen-bond donors (Lipinski definition) is 0. The van der Waals surface area contributed by atoms with Crippen molar-refractivity contribution < 1.29 is 23.7 Å². The Morgan fingerprint density at radius 1 is 1.11 bits per heavy atom. The lowest BCUT2D eigenvalue weighted by molar-refractivity contribution is -0.136. The smallest absolute Gasteiger partial charge is 0.338 e. The first-order valence-corrected chi connectivity index (χ1v) is 13.1. The fourth-order valence-corrected chi connectivity index (χ4v) is 5.72. The van der Waals surface area contributed by atoms with Crippen LogP contribution in [0.15, 0.2) is 51.4 Å². The van der Waals surface area contributed by atoms with Gasteiger partial charge in [-0.05, 0) is 62.7 Å². The van der Waals surface area contributed by atoms with Crippen LogP contribution >= 0.6 is 34.5 Å². The number of rotatable bonds is 7. The molecule has 2 aromatic carbocycles. The van der Waals surface area contributed by atoms with Crippen molar-refractivity contribution in [3.63, 3.8) is 0 Å². The summed E-state index contributed by atoms with van der Waals surface area (Å²) in [6.07, 6.45) is 1.59. The minimum Gasteiger partial charge on any atom is -0.496 e. The maximum atomic E-state index is 13.8. The van der Waals surface area contributed by atoms with Gasteiger partial charge in [0, 0.05) is 10.6 Å². The highest BCUT2D eigenvalue weighted by atomic mass is 35.5. The number of nitrogens with zero attached hydrogens (tertiary/aromatic N) is 2. The number of carbonyl (C=O) groups excluding carboxylic acids is 1. The fraction of sp³-hybridized carbons (Fsp3) is 0.296. The van der Waals surface area contributed by atoms with E-state index in [0.29, 0.717) is 53.5 Å². The van der Waals surface area contributed by atoms with E-state index in [0.717, 1.165) is 0 Å². The quantitative estimate of drug-likeness (QED) is 0.384. The molecule has 0 amide bonds. The van der Waals surface area contributed by atoms with E-state index in [4.69, 9.17) is 42.1 Å².